The van der Waals surface area contributed by atoms with E-state index in [1.54, 1.807) is 18.2 Å². The first-order chi connectivity index (χ1) is 9.70. The van der Waals surface area contributed by atoms with Crippen molar-refractivity contribution in [1.82, 2.24) is 10.6 Å². The molecule has 6 nitrogen and oxygen atoms in total. The van der Waals surface area contributed by atoms with Crippen molar-refractivity contribution < 1.29 is 19.1 Å². The number of benzene rings is 1. The Morgan fingerprint density at radius 1 is 1.20 bits per heavy atom. The average molecular weight is 278 g/mol. The first-order valence-electron chi connectivity index (χ1n) is 6.65. The molecule has 1 aliphatic rings. The van der Waals surface area contributed by atoms with Crippen LogP contribution in [0.25, 0.3) is 0 Å². The fourth-order valence-corrected chi connectivity index (χ4v) is 1.77. The zero-order valence-corrected chi connectivity index (χ0v) is 11.4. The van der Waals surface area contributed by atoms with Gasteiger partial charge in [0.2, 0.25) is 12.7 Å². The summed E-state index contributed by atoms with van der Waals surface area (Å²) in [5, 5.41) is 5.30. The summed E-state index contributed by atoms with van der Waals surface area (Å²) in [6, 6.07) is 4.92. The van der Waals surface area contributed by atoms with Gasteiger partial charge in [-0.05, 0) is 24.6 Å². The number of hydrogen-bond donors (Lipinski definition) is 2. The summed E-state index contributed by atoms with van der Waals surface area (Å²) in [6.07, 6.45) is 1.95. The lowest BCUT2D eigenvalue weighted by atomic mass is 10.2. The second-order valence-electron chi connectivity index (χ2n) is 4.45. The van der Waals surface area contributed by atoms with Crippen molar-refractivity contribution in [3.05, 3.63) is 23.8 Å². The smallest absolute Gasteiger partial charge is 0.251 e. The maximum Gasteiger partial charge on any atom is 0.251 e. The lowest BCUT2D eigenvalue weighted by Crippen LogP contribution is -2.37. The topological polar surface area (TPSA) is 76.7 Å². The van der Waals surface area contributed by atoms with Crippen molar-refractivity contribution in [2.24, 2.45) is 0 Å². The van der Waals surface area contributed by atoms with Crippen LogP contribution in [0.2, 0.25) is 0 Å². The van der Waals surface area contributed by atoms with Gasteiger partial charge in [-0.15, -0.1) is 0 Å². The summed E-state index contributed by atoms with van der Waals surface area (Å²) in [5.41, 5.74) is 0.440. The van der Waals surface area contributed by atoms with Crippen LogP contribution in [0.15, 0.2) is 18.2 Å². The minimum absolute atomic E-state index is 0.0308. The zero-order valence-electron chi connectivity index (χ0n) is 11.4. The molecule has 0 radical (unpaired) electrons. The average Bonchev–Trinajstić information content (AvgIpc) is 2.92. The van der Waals surface area contributed by atoms with Crippen molar-refractivity contribution in [2.75, 3.05) is 19.9 Å². The molecule has 2 rings (SSSR count). The minimum Gasteiger partial charge on any atom is -0.454 e. The quantitative estimate of drug-likeness (QED) is 0.763. The molecule has 0 saturated carbocycles. The summed E-state index contributed by atoms with van der Waals surface area (Å²) in [6.45, 7) is 2.82. The van der Waals surface area contributed by atoms with Crippen molar-refractivity contribution in [2.45, 2.75) is 19.8 Å². The van der Waals surface area contributed by atoms with Gasteiger partial charge in [-0.25, -0.2) is 0 Å². The number of ether oxygens (including phenoxy) is 2. The summed E-state index contributed by atoms with van der Waals surface area (Å²) < 4.78 is 10.4. The highest BCUT2D eigenvalue weighted by molar-refractivity contribution is 5.97. The van der Waals surface area contributed by atoms with Crippen LogP contribution < -0.4 is 20.1 Å². The number of unbranched alkanes of at least 4 members (excludes halogenated alkanes) is 1. The molecular weight excluding hydrogens is 260 g/mol. The van der Waals surface area contributed by atoms with E-state index in [0.29, 0.717) is 23.6 Å². The predicted octanol–water partition coefficient (Wildman–Crippen LogP) is 1.06. The van der Waals surface area contributed by atoms with Crippen molar-refractivity contribution in [1.29, 1.82) is 0 Å². The van der Waals surface area contributed by atoms with Gasteiger partial charge in [0.25, 0.3) is 5.91 Å². The Balaban J connectivity index is 1.81. The van der Waals surface area contributed by atoms with Crippen LogP contribution in [-0.2, 0) is 4.79 Å². The molecule has 0 unspecified atom stereocenters. The summed E-state index contributed by atoms with van der Waals surface area (Å²) in [4.78, 5) is 23.4. The van der Waals surface area contributed by atoms with Crippen LogP contribution >= 0.6 is 0 Å². The first kappa shape index (κ1) is 14.2. The number of nitrogens with one attached hydrogen (secondary N) is 2. The molecule has 0 atom stereocenters. The lowest BCUT2D eigenvalue weighted by Gasteiger charge is -2.07. The third-order valence-corrected chi connectivity index (χ3v) is 2.90. The van der Waals surface area contributed by atoms with E-state index in [1.165, 1.54) is 0 Å². The molecule has 0 spiro atoms. The van der Waals surface area contributed by atoms with E-state index in [1.807, 2.05) is 6.92 Å². The van der Waals surface area contributed by atoms with E-state index in [9.17, 15) is 9.59 Å². The van der Waals surface area contributed by atoms with Gasteiger partial charge in [0.1, 0.15) is 0 Å². The summed E-state index contributed by atoms with van der Waals surface area (Å²) >= 11 is 0. The first-order valence-corrected chi connectivity index (χ1v) is 6.65. The van der Waals surface area contributed by atoms with E-state index in [4.69, 9.17) is 9.47 Å². The van der Waals surface area contributed by atoms with Crippen LogP contribution in [0.1, 0.15) is 30.1 Å². The molecule has 108 valence electrons. The zero-order chi connectivity index (χ0) is 14.4. The van der Waals surface area contributed by atoms with Crippen molar-refractivity contribution in [3.8, 4) is 11.5 Å². The third-order valence-electron chi connectivity index (χ3n) is 2.90. The minimum atomic E-state index is -0.311. The van der Waals surface area contributed by atoms with Crippen LogP contribution in [0, 0.1) is 0 Å². The van der Waals surface area contributed by atoms with Gasteiger partial charge < -0.3 is 20.1 Å². The van der Waals surface area contributed by atoms with E-state index in [2.05, 4.69) is 10.6 Å². The van der Waals surface area contributed by atoms with Crippen LogP contribution in [0.4, 0.5) is 0 Å². The third kappa shape index (κ3) is 3.63. The molecular formula is C14H18N2O4. The molecule has 0 aliphatic carbocycles. The summed E-state index contributed by atoms with van der Waals surface area (Å²) in [7, 11) is 0. The van der Waals surface area contributed by atoms with E-state index < -0.39 is 0 Å². The van der Waals surface area contributed by atoms with Gasteiger partial charge in [0.15, 0.2) is 11.5 Å². The monoisotopic (exact) mass is 278 g/mol. The normalized spacial score (nSPS) is 12.1. The molecule has 1 aromatic carbocycles. The maximum atomic E-state index is 11.9. The molecule has 1 heterocycles. The fraction of sp³-hybridized carbons (Fsp3) is 0.429. The highest BCUT2D eigenvalue weighted by atomic mass is 16.7. The Hall–Kier alpha value is -2.24. The van der Waals surface area contributed by atoms with Crippen molar-refractivity contribution in [3.63, 3.8) is 0 Å². The van der Waals surface area contributed by atoms with Crippen LogP contribution in [0.5, 0.6) is 11.5 Å². The fourth-order valence-electron chi connectivity index (χ4n) is 1.77. The van der Waals surface area contributed by atoms with Gasteiger partial charge in [0, 0.05) is 12.1 Å². The van der Waals surface area contributed by atoms with Gasteiger partial charge in [0.05, 0.1) is 6.54 Å². The Labute approximate surface area is 117 Å². The maximum absolute atomic E-state index is 11.9. The van der Waals surface area contributed by atoms with Crippen molar-refractivity contribution >= 4 is 11.8 Å². The molecule has 0 saturated heterocycles. The molecule has 2 N–H and O–H groups in total. The predicted molar refractivity (Wildman–Crippen MR) is 72.8 cm³/mol. The molecule has 1 aromatic rings. The van der Waals surface area contributed by atoms with Crippen LogP contribution in [0.3, 0.4) is 0 Å². The number of hydrogen-bond acceptors (Lipinski definition) is 4. The van der Waals surface area contributed by atoms with E-state index in [-0.39, 0.29) is 25.2 Å². The Bertz CT molecular complexity index is 502. The number of carbonyl (C=O) groups excluding carboxylic acids is 2. The highest BCUT2D eigenvalue weighted by Crippen LogP contribution is 2.32. The number of amides is 2. The summed E-state index contributed by atoms with van der Waals surface area (Å²) in [5.74, 6) is 0.672. The van der Waals surface area contributed by atoms with Crippen LogP contribution in [-0.4, -0.2) is 31.7 Å². The van der Waals surface area contributed by atoms with Gasteiger partial charge in [-0.1, -0.05) is 13.3 Å². The molecule has 6 heteroatoms. The molecule has 1 aliphatic heterocycles. The molecule has 20 heavy (non-hydrogen) atoms. The molecule has 0 fully saturated rings. The van der Waals surface area contributed by atoms with E-state index >= 15 is 0 Å². The molecule has 2 amide bonds. The van der Waals surface area contributed by atoms with Gasteiger partial charge in [-0.3, -0.25) is 9.59 Å². The Morgan fingerprint density at radius 3 is 2.80 bits per heavy atom. The lowest BCUT2D eigenvalue weighted by molar-refractivity contribution is -0.120. The SMILES string of the molecule is CCCCNC(=O)CNC(=O)c1ccc2c(c1)OCO2. The highest BCUT2D eigenvalue weighted by Gasteiger charge is 2.16. The largest absolute Gasteiger partial charge is 0.454 e. The Kier molecular flexibility index (Phi) is 4.81. The Morgan fingerprint density at radius 2 is 2.00 bits per heavy atom. The van der Waals surface area contributed by atoms with Gasteiger partial charge in [-0.2, -0.15) is 0 Å². The second-order valence-corrected chi connectivity index (χ2v) is 4.45. The number of carbonyl (C=O) groups is 2. The van der Waals surface area contributed by atoms with Gasteiger partial charge >= 0.3 is 0 Å². The molecule has 0 bridgehead atoms. The number of fused-ring (bicyclic) bond motifs is 1. The second kappa shape index (κ2) is 6.79. The van der Waals surface area contributed by atoms with E-state index in [0.717, 1.165) is 12.8 Å². The number of rotatable bonds is 6. The molecule has 0 aromatic heterocycles. The standard InChI is InChI=1S/C14H18N2O4/c1-2-3-6-15-13(17)8-16-14(18)10-4-5-11-12(7-10)20-9-19-11/h4-5,7H,2-3,6,8-9H2,1H3,(H,15,17)(H,16,18).